The van der Waals surface area contributed by atoms with Gasteiger partial charge >= 0.3 is 17.3 Å². The number of amides is 1. The van der Waals surface area contributed by atoms with E-state index >= 15 is 0 Å². The summed E-state index contributed by atoms with van der Waals surface area (Å²) in [6, 6.07) is 0. The van der Waals surface area contributed by atoms with Gasteiger partial charge < -0.3 is 69.9 Å². The molecule has 4 aliphatic rings. The Labute approximate surface area is 405 Å². The number of imidazole rings is 1. The van der Waals surface area contributed by atoms with Crippen LogP contribution >= 0.6 is 0 Å². The topological polar surface area (TPSA) is 336 Å². The zero-order valence-electron chi connectivity index (χ0n) is 40.2. The lowest BCUT2D eigenvalue weighted by Crippen LogP contribution is -2.46. The molecule has 0 spiro atoms. The van der Waals surface area contributed by atoms with Crippen LogP contribution in [0.1, 0.15) is 76.2 Å². The Kier molecular flexibility index (Phi) is 14.8. The van der Waals surface area contributed by atoms with Crippen LogP contribution in [0.2, 0.25) is 0 Å². The van der Waals surface area contributed by atoms with Gasteiger partial charge in [-0.1, -0.05) is 45.9 Å². The number of nitrogens with one attached hydrogen (secondary N) is 1. The van der Waals surface area contributed by atoms with Gasteiger partial charge in [0.25, 0.3) is 11.7 Å². The van der Waals surface area contributed by atoms with E-state index in [-0.39, 0.29) is 33.6 Å². The standard InChI is InChI=1S/C48H58N6O17/c1-19-11-10-12-20(2)45(65)52-32-26(15-51-54-18-50-44-33(46(54)66)49-17-53(44)47-40(63)38(61)28(16-55)70-47)37(60)29-30(39(32)62)36(59)24(6)42-31(29)43(64)48(8,71-42)68-14-13-27(67-9)21(3)41(69-25(7)56)23(5)35(58)22(4)34(19)57/h10-15,17-19,21-23,27-28,34-35,38,40-41,47,55,57-63H,16H2,1-9H3,(H,52,65)/t19-,21-,22-,23-,27+,28+,34-,35-,38-,40-,41-,47+,48-/m0/s1. The number of methoxy groups -OCH3 is 1. The number of aliphatic hydroxyl groups is 5. The molecular formula is C48H58N6O17. The van der Waals surface area contributed by atoms with Crippen molar-refractivity contribution < 1.29 is 78.9 Å². The van der Waals surface area contributed by atoms with E-state index in [1.54, 1.807) is 33.8 Å². The first-order valence-corrected chi connectivity index (χ1v) is 22.7. The van der Waals surface area contributed by atoms with E-state index in [0.717, 1.165) is 25.1 Å². The first-order valence-electron chi connectivity index (χ1n) is 22.7. The van der Waals surface area contributed by atoms with E-state index in [4.69, 9.17) is 23.7 Å². The van der Waals surface area contributed by atoms with E-state index in [0.29, 0.717) is 4.68 Å². The molecule has 0 unspecified atom stereocenters. The van der Waals surface area contributed by atoms with Crippen LogP contribution in [0.25, 0.3) is 21.9 Å². The molecule has 5 bridgehead atoms. The average molecular weight is 991 g/mol. The smallest absolute Gasteiger partial charge is 0.312 e. The summed E-state index contributed by atoms with van der Waals surface area (Å²) in [5.41, 5.74) is -2.67. The number of ether oxygens (including phenoxy) is 5. The molecule has 382 valence electrons. The van der Waals surface area contributed by atoms with Crippen molar-refractivity contribution in [3.63, 3.8) is 0 Å². The van der Waals surface area contributed by atoms with Gasteiger partial charge in [-0.05, 0) is 19.9 Å². The Morgan fingerprint density at radius 3 is 2.27 bits per heavy atom. The Morgan fingerprint density at radius 1 is 0.915 bits per heavy atom. The molecule has 0 saturated carbocycles. The highest BCUT2D eigenvalue weighted by Crippen LogP contribution is 2.55. The second kappa shape index (κ2) is 20.2. The number of anilines is 1. The molecule has 1 amide bonds. The van der Waals surface area contributed by atoms with E-state index in [2.05, 4.69) is 20.4 Å². The molecule has 1 saturated heterocycles. The zero-order valence-corrected chi connectivity index (χ0v) is 40.2. The molecule has 8 rings (SSSR count). The number of aliphatic hydroxyl groups excluding tert-OH is 5. The summed E-state index contributed by atoms with van der Waals surface area (Å²) in [5.74, 6) is -9.90. The Hall–Kier alpha value is -6.73. The van der Waals surface area contributed by atoms with E-state index in [1.165, 1.54) is 57.6 Å². The van der Waals surface area contributed by atoms with Gasteiger partial charge in [0.1, 0.15) is 48.0 Å². The van der Waals surface area contributed by atoms with Crippen LogP contribution < -0.4 is 15.6 Å². The van der Waals surface area contributed by atoms with Gasteiger partial charge in [-0.3, -0.25) is 23.7 Å². The lowest BCUT2D eigenvalue weighted by Gasteiger charge is -2.38. The number of benzene rings is 2. The second-order valence-corrected chi connectivity index (χ2v) is 18.3. The predicted molar refractivity (Wildman–Crippen MR) is 252 cm³/mol. The molecule has 1 fully saturated rings. The maximum Gasteiger partial charge on any atom is 0.312 e. The van der Waals surface area contributed by atoms with Crippen molar-refractivity contribution in [2.45, 2.75) is 110 Å². The van der Waals surface area contributed by atoms with Crippen molar-refractivity contribution >= 4 is 51.5 Å². The number of carbonyl (C=O) groups is 3. The fourth-order valence-corrected chi connectivity index (χ4v) is 9.27. The molecule has 9 N–H and O–H groups in total. The van der Waals surface area contributed by atoms with Crippen LogP contribution in [-0.2, 0) is 28.5 Å². The Bertz CT molecular complexity index is 2940. The number of carbonyl (C=O) groups excluding carboxylic acids is 3. The number of esters is 1. The van der Waals surface area contributed by atoms with Crippen LogP contribution in [0.4, 0.5) is 5.69 Å². The number of aromatic nitrogens is 4. The SMILES string of the molecule is CO[C@@H]1C=CO[C@@]2(C)Oc3c(C)c(O)c4c(O)c(c(C=Nn5cnc6c(ncn6[C@@H]6O[C@H](CO)[C@H](O)[C@@H]6O)c5=O)c(O)c4c3C2=O)NC(=O)C(C)=CC=C[C@H](C)[C@H](O)[C@H](C)[C@H](O)[C@H](C)[C@@H](OC(C)=O)[C@H]1C. The highest BCUT2D eigenvalue weighted by Gasteiger charge is 2.50. The van der Waals surface area contributed by atoms with Crippen LogP contribution in [0.3, 0.4) is 0 Å². The number of fused-ring (bicyclic) bond motifs is 15. The molecule has 71 heavy (non-hydrogen) atoms. The molecule has 6 heterocycles. The number of hydrogen-bond donors (Lipinski definition) is 9. The van der Waals surface area contributed by atoms with Gasteiger partial charge in [0, 0.05) is 61.2 Å². The van der Waals surface area contributed by atoms with Crippen molar-refractivity contribution in [3.05, 3.63) is 75.8 Å². The third-order valence-electron chi connectivity index (χ3n) is 13.6. The fraction of sp³-hybridized carbons (Fsp3) is 0.479. The number of ketones is 1. The normalized spacial score (nSPS) is 30.8. The number of phenols is 3. The lowest BCUT2D eigenvalue weighted by molar-refractivity contribution is -0.160. The van der Waals surface area contributed by atoms with Crippen LogP contribution in [0, 0.1) is 30.6 Å². The molecule has 4 aromatic rings. The molecule has 13 atom stereocenters. The molecule has 23 nitrogen and oxygen atoms in total. The summed E-state index contributed by atoms with van der Waals surface area (Å²) >= 11 is 0. The third kappa shape index (κ3) is 9.25. The monoisotopic (exact) mass is 990 g/mol. The Morgan fingerprint density at radius 2 is 1.62 bits per heavy atom. The van der Waals surface area contributed by atoms with Gasteiger partial charge in [0.15, 0.2) is 23.1 Å². The van der Waals surface area contributed by atoms with Gasteiger partial charge in [-0.15, -0.1) is 0 Å². The van der Waals surface area contributed by atoms with Gasteiger partial charge in [-0.25, -0.2) is 9.97 Å². The highest BCUT2D eigenvalue weighted by molar-refractivity contribution is 6.24. The van der Waals surface area contributed by atoms with Crippen molar-refractivity contribution in [2.24, 2.45) is 28.8 Å². The second-order valence-electron chi connectivity index (χ2n) is 18.3. The summed E-state index contributed by atoms with van der Waals surface area (Å²) in [7, 11) is 1.39. The van der Waals surface area contributed by atoms with Crippen molar-refractivity contribution in [1.29, 1.82) is 0 Å². The minimum Gasteiger partial charge on any atom is -0.507 e. The molecule has 2 aromatic heterocycles. The van der Waals surface area contributed by atoms with Crippen LogP contribution in [-0.4, -0.2) is 146 Å². The minimum absolute atomic E-state index is 0.0291. The molecule has 2 aromatic carbocycles. The molecular weight excluding hydrogens is 933 g/mol. The number of rotatable bonds is 6. The molecule has 0 aliphatic carbocycles. The van der Waals surface area contributed by atoms with Crippen LogP contribution in [0.15, 0.2) is 58.7 Å². The molecule has 0 radical (unpaired) electrons. The maximum atomic E-state index is 14.6. The number of allylic oxidation sites excluding steroid dienone is 2. The first-order chi connectivity index (χ1) is 33.5. The largest absolute Gasteiger partial charge is 0.507 e. The van der Waals surface area contributed by atoms with Gasteiger partial charge in [-0.2, -0.15) is 9.78 Å². The van der Waals surface area contributed by atoms with Crippen LogP contribution in [0.5, 0.6) is 23.0 Å². The van der Waals surface area contributed by atoms with E-state index < -0.39 is 148 Å². The summed E-state index contributed by atoms with van der Waals surface area (Å²) in [4.78, 5) is 63.1. The van der Waals surface area contributed by atoms with Crippen molar-refractivity contribution in [3.8, 4) is 23.0 Å². The number of hydrogen-bond acceptors (Lipinski definition) is 20. The number of aromatic hydroxyl groups is 3. The molecule has 23 heteroatoms. The maximum absolute atomic E-state index is 14.6. The number of nitrogens with zero attached hydrogens (tertiary/aromatic N) is 5. The minimum atomic E-state index is -2.19. The Balaban J connectivity index is 1.38. The summed E-state index contributed by atoms with van der Waals surface area (Å²) in [6.45, 7) is 11.4. The average Bonchev–Trinajstić information content (AvgIpc) is 3.98. The third-order valence-corrected chi connectivity index (χ3v) is 13.6. The van der Waals surface area contributed by atoms with Crippen molar-refractivity contribution in [1.82, 2.24) is 19.2 Å². The van der Waals surface area contributed by atoms with Crippen molar-refractivity contribution in [2.75, 3.05) is 19.0 Å². The molecule has 4 aliphatic heterocycles. The van der Waals surface area contributed by atoms with Gasteiger partial charge in [0.2, 0.25) is 0 Å². The number of phenolic OH excluding ortho intramolecular Hbond substituents is 3. The predicted octanol–water partition coefficient (Wildman–Crippen LogP) is 2.15. The highest BCUT2D eigenvalue weighted by atomic mass is 16.7. The fourth-order valence-electron chi connectivity index (χ4n) is 9.27. The summed E-state index contributed by atoms with van der Waals surface area (Å²) in [6.07, 6.45) is 0.425. The quantitative estimate of drug-likeness (QED) is 0.0578. The van der Waals surface area contributed by atoms with E-state index in [1.807, 2.05) is 0 Å². The number of Topliss-reactive ketones (excluding diaryl/α,β-unsaturated/α-hetero) is 1. The lowest BCUT2D eigenvalue weighted by atomic mass is 9.78. The van der Waals surface area contributed by atoms with Gasteiger partial charge in [0.05, 0.1) is 65.9 Å². The summed E-state index contributed by atoms with van der Waals surface area (Å²) in [5, 5.41) is 95.3. The van der Waals surface area contributed by atoms with E-state index in [9.17, 15) is 60.0 Å². The zero-order chi connectivity index (χ0) is 52.1. The summed E-state index contributed by atoms with van der Waals surface area (Å²) < 4.78 is 31.0. The first kappa shape index (κ1) is 52.1.